The van der Waals surface area contributed by atoms with Crippen LogP contribution < -0.4 is 0 Å². The molecule has 0 radical (unpaired) electrons. The summed E-state index contributed by atoms with van der Waals surface area (Å²) in [6.45, 7) is 2.08. The highest BCUT2D eigenvalue weighted by atomic mass is 32.2. The summed E-state index contributed by atoms with van der Waals surface area (Å²) in [4.78, 5) is 13.1. The minimum absolute atomic E-state index is 0.317. The smallest absolute Gasteiger partial charge is 0.143 e. The fourth-order valence-electron chi connectivity index (χ4n) is 1.88. The van der Waals surface area contributed by atoms with Crippen molar-refractivity contribution in [1.29, 1.82) is 0 Å². The van der Waals surface area contributed by atoms with E-state index in [1.54, 1.807) is 11.8 Å². The number of benzene rings is 2. The number of thioether (sulfide) groups is 1. The van der Waals surface area contributed by atoms with Gasteiger partial charge in [0.1, 0.15) is 5.78 Å². The Morgan fingerprint density at radius 1 is 1.00 bits per heavy atom. The van der Waals surface area contributed by atoms with Gasteiger partial charge in [0.25, 0.3) is 0 Å². The molecule has 0 aliphatic rings. The molecule has 1 nitrogen and oxygen atoms in total. The maximum absolute atomic E-state index is 11.9. The van der Waals surface area contributed by atoms with Crippen LogP contribution in [0.25, 0.3) is 0 Å². The summed E-state index contributed by atoms with van der Waals surface area (Å²) in [7, 11) is 0. The summed E-state index contributed by atoms with van der Waals surface area (Å²) in [5, 5.41) is 0. The fraction of sp³-hybridized carbons (Fsp3) is 0.235. The second kappa shape index (κ2) is 7.15. The Kier molecular flexibility index (Phi) is 5.22. The van der Waals surface area contributed by atoms with E-state index in [4.69, 9.17) is 0 Å². The summed E-state index contributed by atoms with van der Waals surface area (Å²) in [5.74, 6) is 0.884. The third-order valence-corrected chi connectivity index (χ3v) is 4.25. The Labute approximate surface area is 119 Å². The van der Waals surface area contributed by atoms with Crippen molar-refractivity contribution in [3.8, 4) is 0 Å². The standard InChI is InChI=1S/C17H18OS/c1-14-7-5-6-10-17(14)19-13-16(18)12-11-15-8-3-2-4-9-15/h2-10H,11-13H2,1H3. The largest absolute Gasteiger partial charge is 0.299 e. The van der Waals surface area contributed by atoms with Gasteiger partial charge in [-0.15, -0.1) is 11.8 Å². The second-order valence-corrected chi connectivity index (χ2v) is 5.60. The van der Waals surface area contributed by atoms with Gasteiger partial charge in [-0.05, 0) is 30.5 Å². The van der Waals surface area contributed by atoms with Crippen LogP contribution >= 0.6 is 11.8 Å². The topological polar surface area (TPSA) is 17.1 Å². The lowest BCUT2D eigenvalue weighted by atomic mass is 10.1. The molecule has 19 heavy (non-hydrogen) atoms. The second-order valence-electron chi connectivity index (χ2n) is 4.58. The third-order valence-electron chi connectivity index (χ3n) is 3.02. The Bertz CT molecular complexity index is 534. The molecule has 0 amide bonds. The highest BCUT2D eigenvalue weighted by Gasteiger charge is 2.05. The lowest BCUT2D eigenvalue weighted by Gasteiger charge is -2.04. The van der Waals surface area contributed by atoms with E-state index in [2.05, 4.69) is 31.2 Å². The van der Waals surface area contributed by atoms with Gasteiger partial charge in [-0.1, -0.05) is 48.5 Å². The molecule has 0 saturated heterocycles. The summed E-state index contributed by atoms with van der Waals surface area (Å²) < 4.78 is 0. The Balaban J connectivity index is 1.78. The maximum Gasteiger partial charge on any atom is 0.143 e. The lowest BCUT2D eigenvalue weighted by Crippen LogP contribution is -2.03. The Morgan fingerprint density at radius 3 is 2.42 bits per heavy atom. The zero-order valence-corrected chi connectivity index (χ0v) is 12.0. The van der Waals surface area contributed by atoms with Crippen molar-refractivity contribution in [1.82, 2.24) is 0 Å². The first-order valence-corrected chi connectivity index (χ1v) is 7.48. The fourth-order valence-corrected chi connectivity index (χ4v) is 2.81. The minimum Gasteiger partial charge on any atom is -0.299 e. The molecule has 0 aliphatic heterocycles. The van der Waals surface area contributed by atoms with E-state index >= 15 is 0 Å². The summed E-state index contributed by atoms with van der Waals surface area (Å²) in [6.07, 6.45) is 1.47. The van der Waals surface area contributed by atoms with Gasteiger partial charge >= 0.3 is 0 Å². The predicted octanol–water partition coefficient (Wildman–Crippen LogP) is 4.29. The molecule has 0 fully saturated rings. The van der Waals surface area contributed by atoms with Crippen LogP contribution in [0.1, 0.15) is 17.5 Å². The average molecular weight is 270 g/mol. The van der Waals surface area contributed by atoms with Crippen molar-refractivity contribution in [3.05, 3.63) is 65.7 Å². The molecule has 0 aromatic heterocycles. The van der Waals surface area contributed by atoms with Gasteiger partial charge in [0, 0.05) is 11.3 Å². The lowest BCUT2D eigenvalue weighted by molar-refractivity contribution is -0.116. The molecule has 0 unspecified atom stereocenters. The van der Waals surface area contributed by atoms with Gasteiger partial charge in [0.2, 0.25) is 0 Å². The highest BCUT2D eigenvalue weighted by Crippen LogP contribution is 2.22. The number of carbonyl (C=O) groups is 1. The van der Waals surface area contributed by atoms with Crippen LogP contribution in [0.5, 0.6) is 0 Å². The molecular weight excluding hydrogens is 252 g/mol. The minimum atomic E-state index is 0.317. The molecule has 2 rings (SSSR count). The van der Waals surface area contributed by atoms with Gasteiger partial charge in [0.05, 0.1) is 5.75 Å². The van der Waals surface area contributed by atoms with Crippen molar-refractivity contribution in [2.75, 3.05) is 5.75 Å². The van der Waals surface area contributed by atoms with E-state index in [1.807, 2.05) is 30.3 Å². The number of rotatable bonds is 6. The Hall–Kier alpha value is -1.54. The van der Waals surface area contributed by atoms with E-state index in [-0.39, 0.29) is 0 Å². The monoisotopic (exact) mass is 270 g/mol. The quantitative estimate of drug-likeness (QED) is 0.728. The summed E-state index contributed by atoms with van der Waals surface area (Å²) >= 11 is 1.64. The molecule has 0 bridgehead atoms. The molecule has 0 atom stereocenters. The molecule has 0 saturated carbocycles. The first kappa shape index (κ1) is 13.9. The predicted molar refractivity (Wildman–Crippen MR) is 81.7 cm³/mol. The average Bonchev–Trinajstić information content (AvgIpc) is 2.45. The van der Waals surface area contributed by atoms with Crippen molar-refractivity contribution >= 4 is 17.5 Å². The normalized spacial score (nSPS) is 10.4. The zero-order valence-electron chi connectivity index (χ0n) is 11.1. The van der Waals surface area contributed by atoms with Gasteiger partial charge < -0.3 is 0 Å². The molecule has 2 heteroatoms. The van der Waals surface area contributed by atoms with E-state index < -0.39 is 0 Å². The van der Waals surface area contributed by atoms with E-state index in [0.717, 1.165) is 6.42 Å². The van der Waals surface area contributed by atoms with Crippen LogP contribution in [0.2, 0.25) is 0 Å². The number of aryl methyl sites for hydroxylation is 2. The van der Waals surface area contributed by atoms with Crippen molar-refractivity contribution in [2.45, 2.75) is 24.7 Å². The summed E-state index contributed by atoms with van der Waals surface area (Å²) in [6, 6.07) is 18.4. The van der Waals surface area contributed by atoms with Gasteiger partial charge in [-0.2, -0.15) is 0 Å². The van der Waals surface area contributed by atoms with Crippen LogP contribution in [0.15, 0.2) is 59.5 Å². The molecule has 0 heterocycles. The summed E-state index contributed by atoms with van der Waals surface area (Å²) in [5.41, 5.74) is 2.47. The number of hydrogen-bond donors (Lipinski definition) is 0. The number of ketones is 1. The van der Waals surface area contributed by atoms with Crippen molar-refractivity contribution in [2.24, 2.45) is 0 Å². The number of Topliss-reactive ketones (excluding diaryl/α,β-unsaturated/α-hetero) is 1. The molecule has 0 spiro atoms. The first-order chi connectivity index (χ1) is 9.25. The van der Waals surface area contributed by atoms with Crippen LogP contribution in [-0.2, 0) is 11.2 Å². The van der Waals surface area contributed by atoms with Crippen LogP contribution in [0, 0.1) is 6.92 Å². The molecular formula is C17H18OS. The van der Waals surface area contributed by atoms with Crippen LogP contribution in [-0.4, -0.2) is 11.5 Å². The van der Waals surface area contributed by atoms with E-state index in [0.29, 0.717) is 18.0 Å². The molecule has 98 valence electrons. The number of carbonyl (C=O) groups excluding carboxylic acids is 1. The van der Waals surface area contributed by atoms with E-state index in [9.17, 15) is 4.79 Å². The zero-order chi connectivity index (χ0) is 13.5. The molecule has 2 aromatic carbocycles. The van der Waals surface area contributed by atoms with Crippen molar-refractivity contribution < 1.29 is 4.79 Å². The molecule has 0 N–H and O–H groups in total. The van der Waals surface area contributed by atoms with Crippen molar-refractivity contribution in [3.63, 3.8) is 0 Å². The third kappa shape index (κ3) is 4.56. The van der Waals surface area contributed by atoms with Crippen LogP contribution in [0.3, 0.4) is 0 Å². The van der Waals surface area contributed by atoms with Gasteiger partial charge in [-0.3, -0.25) is 4.79 Å². The molecule has 0 aliphatic carbocycles. The Morgan fingerprint density at radius 2 is 1.68 bits per heavy atom. The van der Waals surface area contributed by atoms with Gasteiger partial charge in [-0.25, -0.2) is 0 Å². The van der Waals surface area contributed by atoms with Gasteiger partial charge in [0.15, 0.2) is 0 Å². The van der Waals surface area contributed by atoms with E-state index in [1.165, 1.54) is 16.0 Å². The number of hydrogen-bond acceptors (Lipinski definition) is 2. The van der Waals surface area contributed by atoms with Crippen LogP contribution in [0.4, 0.5) is 0 Å². The first-order valence-electron chi connectivity index (χ1n) is 6.50. The maximum atomic E-state index is 11.9. The highest BCUT2D eigenvalue weighted by molar-refractivity contribution is 8.00. The molecule has 2 aromatic rings. The SMILES string of the molecule is Cc1ccccc1SCC(=O)CCc1ccccc1.